The number of alkyl halides is 1. The second-order valence-corrected chi connectivity index (χ2v) is 7.89. The van der Waals surface area contributed by atoms with Crippen molar-refractivity contribution < 1.29 is 23.9 Å². The molecule has 2 aromatic rings. The van der Waals surface area contributed by atoms with E-state index in [0.29, 0.717) is 28.6 Å². The summed E-state index contributed by atoms with van der Waals surface area (Å²) in [5.41, 5.74) is 0.987. The lowest BCUT2D eigenvalue weighted by atomic mass is 10.0. The molecule has 2 atom stereocenters. The van der Waals surface area contributed by atoms with Crippen molar-refractivity contribution in [2.24, 2.45) is 5.92 Å². The highest BCUT2D eigenvalue weighted by Gasteiger charge is 2.38. The number of benzene rings is 2. The Morgan fingerprint density at radius 1 is 1.16 bits per heavy atom. The molecule has 1 aliphatic heterocycles. The molecule has 0 aromatic heterocycles. The number of ether oxygens (including phenoxy) is 2. The fourth-order valence-electron chi connectivity index (χ4n) is 3.44. The molecule has 0 N–H and O–H groups in total. The van der Waals surface area contributed by atoms with Crippen LogP contribution in [0.2, 0.25) is 5.02 Å². The third-order valence-corrected chi connectivity index (χ3v) is 5.44. The molecule has 164 valence electrons. The molecule has 0 saturated carbocycles. The zero-order chi connectivity index (χ0) is 22.4. The molecule has 3 rings (SSSR count). The quantitative estimate of drug-likeness (QED) is 0.310. The highest BCUT2D eigenvalue weighted by Crippen LogP contribution is 2.33. The lowest BCUT2D eigenvalue weighted by molar-refractivity contribution is -0.151. The zero-order valence-electron chi connectivity index (χ0n) is 17.1. The summed E-state index contributed by atoms with van der Waals surface area (Å²) in [5.74, 6) is -1.11. The number of esters is 1. The molecule has 0 aliphatic carbocycles. The first-order valence-electron chi connectivity index (χ1n) is 10.0. The summed E-state index contributed by atoms with van der Waals surface area (Å²) in [6.07, 6.45) is -0.847. The summed E-state index contributed by atoms with van der Waals surface area (Å²) in [7, 11) is 0. The Hall–Kier alpha value is -2.57. The van der Waals surface area contributed by atoms with Gasteiger partial charge in [0.2, 0.25) is 11.7 Å². The van der Waals surface area contributed by atoms with Crippen LogP contribution in [-0.2, 0) is 14.3 Å². The Kier molecular flexibility index (Phi) is 7.93. The van der Waals surface area contributed by atoms with Crippen molar-refractivity contribution in [3.63, 3.8) is 0 Å². The molecule has 0 bridgehead atoms. The van der Waals surface area contributed by atoms with E-state index in [-0.39, 0.29) is 37.0 Å². The molecule has 0 spiro atoms. The first-order valence-corrected chi connectivity index (χ1v) is 10.9. The van der Waals surface area contributed by atoms with Crippen molar-refractivity contribution in [3.05, 3.63) is 59.1 Å². The van der Waals surface area contributed by atoms with E-state index < -0.39 is 18.0 Å². The van der Waals surface area contributed by atoms with Crippen molar-refractivity contribution in [2.75, 3.05) is 23.9 Å². The number of halogens is 2. The Morgan fingerprint density at radius 3 is 2.55 bits per heavy atom. The monoisotopic (exact) mass is 463 g/mol. The van der Waals surface area contributed by atoms with Crippen molar-refractivity contribution in [3.8, 4) is 5.75 Å². The smallest absolute Gasteiger partial charge is 0.312 e. The molecule has 1 amide bonds. The van der Waals surface area contributed by atoms with Crippen LogP contribution < -0.4 is 9.64 Å². The van der Waals surface area contributed by atoms with Gasteiger partial charge in [0, 0.05) is 35.9 Å². The number of amides is 1. The van der Waals surface area contributed by atoms with E-state index >= 15 is 0 Å². The van der Waals surface area contributed by atoms with Crippen molar-refractivity contribution in [1.82, 2.24) is 0 Å². The molecule has 1 saturated heterocycles. The van der Waals surface area contributed by atoms with Gasteiger partial charge in [0.1, 0.15) is 5.75 Å². The van der Waals surface area contributed by atoms with Crippen LogP contribution in [0.25, 0.3) is 0 Å². The number of para-hydroxylation sites is 2. The van der Waals surface area contributed by atoms with Gasteiger partial charge in [0.05, 0.1) is 18.2 Å². The third kappa shape index (κ3) is 5.57. The molecule has 1 heterocycles. The maximum absolute atomic E-state index is 12.8. The van der Waals surface area contributed by atoms with Gasteiger partial charge in [-0.25, -0.2) is 0 Å². The zero-order valence-corrected chi connectivity index (χ0v) is 18.6. The minimum Gasteiger partial charge on any atom is -0.492 e. The van der Waals surface area contributed by atoms with Gasteiger partial charge in [-0.1, -0.05) is 23.7 Å². The fourth-order valence-corrected chi connectivity index (χ4v) is 3.76. The molecule has 0 unspecified atom stereocenters. The first-order chi connectivity index (χ1) is 14.9. The molecule has 8 heteroatoms. The summed E-state index contributed by atoms with van der Waals surface area (Å²) in [6.45, 7) is 2.47. The van der Waals surface area contributed by atoms with Crippen molar-refractivity contribution in [1.29, 1.82) is 0 Å². The van der Waals surface area contributed by atoms with E-state index in [1.807, 2.05) is 13.0 Å². The highest BCUT2D eigenvalue weighted by molar-refractivity contribution is 6.30. The molecule has 2 aromatic carbocycles. The van der Waals surface area contributed by atoms with E-state index in [1.165, 1.54) is 4.90 Å². The molecular weight excluding hydrogens is 441 g/mol. The summed E-state index contributed by atoms with van der Waals surface area (Å²) >= 11 is 11.7. The van der Waals surface area contributed by atoms with E-state index in [1.54, 1.807) is 42.5 Å². The minimum atomic E-state index is -1.02. The molecule has 0 radical (unpaired) electrons. The van der Waals surface area contributed by atoms with Gasteiger partial charge in [0.25, 0.3) is 0 Å². The number of hydrogen-bond donors (Lipinski definition) is 0. The molecular formula is C23H23Cl2NO5. The number of carbonyl (C=O) groups is 3. The summed E-state index contributed by atoms with van der Waals surface area (Å²) < 4.78 is 11.1. The standard InChI is InChI=1S/C23H23Cl2NO5/c1-2-30-19-6-4-3-5-18(19)26-14-16(13-21(26)27)23(29)31-20(11-12-24)22(28)15-7-9-17(25)10-8-15/h3-10,16,20H,2,11-14H2,1H3/t16-,20+/m1/s1. The summed E-state index contributed by atoms with van der Waals surface area (Å²) in [6, 6.07) is 13.5. The predicted octanol–water partition coefficient (Wildman–Crippen LogP) is 4.52. The van der Waals surface area contributed by atoms with E-state index in [9.17, 15) is 14.4 Å². The number of nitrogens with zero attached hydrogens (tertiary/aromatic N) is 1. The van der Waals surface area contributed by atoms with Gasteiger partial charge in [-0.2, -0.15) is 0 Å². The number of ketones is 1. The second kappa shape index (κ2) is 10.6. The average molecular weight is 464 g/mol. The van der Waals surface area contributed by atoms with E-state index in [2.05, 4.69) is 0 Å². The fraction of sp³-hybridized carbons (Fsp3) is 0.348. The Labute approximate surface area is 191 Å². The molecule has 1 fully saturated rings. The van der Waals surface area contributed by atoms with Gasteiger partial charge < -0.3 is 14.4 Å². The maximum Gasteiger partial charge on any atom is 0.312 e. The lowest BCUT2D eigenvalue weighted by Gasteiger charge is -2.21. The largest absolute Gasteiger partial charge is 0.492 e. The van der Waals surface area contributed by atoms with Crippen LogP contribution in [0.15, 0.2) is 48.5 Å². The van der Waals surface area contributed by atoms with Gasteiger partial charge in [0.15, 0.2) is 6.10 Å². The predicted molar refractivity (Wildman–Crippen MR) is 119 cm³/mol. The van der Waals surface area contributed by atoms with Crippen LogP contribution in [-0.4, -0.2) is 42.8 Å². The SMILES string of the molecule is CCOc1ccccc1N1C[C@H](C(=O)O[C@@H](CCCl)C(=O)c2ccc(Cl)cc2)CC1=O. The van der Waals surface area contributed by atoms with Crippen LogP contribution >= 0.6 is 23.2 Å². The number of anilines is 1. The topological polar surface area (TPSA) is 72.9 Å². The number of rotatable bonds is 9. The van der Waals surface area contributed by atoms with Gasteiger partial charge in [-0.15, -0.1) is 11.6 Å². The first kappa shape index (κ1) is 23.1. The number of Topliss-reactive ketones (excluding diaryl/α,β-unsaturated/α-hetero) is 1. The van der Waals surface area contributed by atoms with E-state index in [0.717, 1.165) is 0 Å². The maximum atomic E-state index is 12.8. The Balaban J connectivity index is 1.71. The van der Waals surface area contributed by atoms with Crippen molar-refractivity contribution in [2.45, 2.75) is 25.9 Å². The van der Waals surface area contributed by atoms with Crippen molar-refractivity contribution >= 4 is 46.5 Å². The van der Waals surface area contributed by atoms with Crippen LogP contribution in [0.5, 0.6) is 5.75 Å². The molecule has 1 aliphatic rings. The Bertz CT molecular complexity index is 947. The Morgan fingerprint density at radius 2 is 1.87 bits per heavy atom. The summed E-state index contributed by atoms with van der Waals surface area (Å²) in [5, 5.41) is 0.499. The van der Waals surface area contributed by atoms with Gasteiger partial charge in [-0.05, 0) is 43.3 Å². The molecule has 31 heavy (non-hydrogen) atoms. The van der Waals surface area contributed by atoms with Crippen LogP contribution in [0.1, 0.15) is 30.1 Å². The third-order valence-electron chi connectivity index (χ3n) is 4.97. The summed E-state index contributed by atoms with van der Waals surface area (Å²) in [4.78, 5) is 39.7. The second-order valence-electron chi connectivity index (χ2n) is 7.08. The highest BCUT2D eigenvalue weighted by atomic mass is 35.5. The average Bonchev–Trinajstić information content (AvgIpc) is 3.15. The molecule has 6 nitrogen and oxygen atoms in total. The van der Waals surface area contributed by atoms with Crippen LogP contribution in [0.4, 0.5) is 5.69 Å². The van der Waals surface area contributed by atoms with Crippen LogP contribution in [0.3, 0.4) is 0 Å². The number of hydrogen-bond acceptors (Lipinski definition) is 5. The minimum absolute atomic E-state index is 0.00201. The van der Waals surface area contributed by atoms with E-state index in [4.69, 9.17) is 32.7 Å². The lowest BCUT2D eigenvalue weighted by Crippen LogP contribution is -2.32. The van der Waals surface area contributed by atoms with Gasteiger partial charge in [-0.3, -0.25) is 14.4 Å². The van der Waals surface area contributed by atoms with Crippen LogP contribution in [0, 0.1) is 5.92 Å². The number of carbonyl (C=O) groups excluding carboxylic acids is 3. The normalized spacial score (nSPS) is 16.8. The van der Waals surface area contributed by atoms with Gasteiger partial charge >= 0.3 is 5.97 Å².